The maximum atomic E-state index is 5.93. The van der Waals surface area contributed by atoms with E-state index in [0.29, 0.717) is 5.88 Å². The standard InChI is InChI=1S/C11H13Cl2N/c12-8-9-7-10(13)3-4-11(9)14-5-1-2-6-14/h3-4,7H,1-2,5-6,8H2. The van der Waals surface area contributed by atoms with Gasteiger partial charge in [0.1, 0.15) is 0 Å². The van der Waals surface area contributed by atoms with Gasteiger partial charge >= 0.3 is 0 Å². The van der Waals surface area contributed by atoms with E-state index in [1.807, 2.05) is 12.1 Å². The molecule has 0 aliphatic carbocycles. The zero-order chi connectivity index (χ0) is 9.97. The van der Waals surface area contributed by atoms with Crippen molar-refractivity contribution in [3.63, 3.8) is 0 Å². The Bertz CT molecular complexity index is 319. The van der Waals surface area contributed by atoms with E-state index >= 15 is 0 Å². The first-order valence-corrected chi connectivity index (χ1v) is 5.82. The number of benzene rings is 1. The quantitative estimate of drug-likeness (QED) is 0.700. The van der Waals surface area contributed by atoms with E-state index in [0.717, 1.165) is 23.7 Å². The summed E-state index contributed by atoms with van der Waals surface area (Å²) in [5.74, 6) is 0.534. The molecule has 0 radical (unpaired) electrons. The Hall–Kier alpha value is -0.400. The smallest absolute Gasteiger partial charge is 0.0495 e. The second-order valence-electron chi connectivity index (χ2n) is 3.60. The average Bonchev–Trinajstić information content (AvgIpc) is 2.70. The van der Waals surface area contributed by atoms with Crippen LogP contribution < -0.4 is 4.90 Å². The van der Waals surface area contributed by atoms with Gasteiger partial charge in [0, 0.05) is 29.7 Å². The molecule has 1 aliphatic heterocycles. The van der Waals surface area contributed by atoms with Crippen molar-refractivity contribution in [2.75, 3.05) is 18.0 Å². The fourth-order valence-electron chi connectivity index (χ4n) is 1.93. The second-order valence-corrected chi connectivity index (χ2v) is 4.30. The molecule has 1 nitrogen and oxygen atoms in total. The molecule has 0 saturated carbocycles. The Morgan fingerprint density at radius 3 is 2.57 bits per heavy atom. The Labute approximate surface area is 94.6 Å². The molecule has 0 aromatic heterocycles. The maximum absolute atomic E-state index is 5.93. The summed E-state index contributed by atoms with van der Waals surface area (Å²) in [7, 11) is 0. The zero-order valence-corrected chi connectivity index (χ0v) is 9.48. The third-order valence-corrected chi connectivity index (χ3v) is 3.16. The molecule has 0 spiro atoms. The summed E-state index contributed by atoms with van der Waals surface area (Å²) in [5, 5.41) is 0.767. The van der Waals surface area contributed by atoms with Crippen LogP contribution in [0.25, 0.3) is 0 Å². The lowest BCUT2D eigenvalue weighted by Gasteiger charge is -2.20. The number of hydrogen-bond donors (Lipinski definition) is 0. The highest BCUT2D eigenvalue weighted by atomic mass is 35.5. The van der Waals surface area contributed by atoms with Gasteiger partial charge in [-0.3, -0.25) is 0 Å². The van der Waals surface area contributed by atoms with Crippen molar-refractivity contribution in [1.29, 1.82) is 0 Å². The molecule has 1 aliphatic rings. The van der Waals surface area contributed by atoms with Crippen molar-refractivity contribution in [3.8, 4) is 0 Å². The molecule has 14 heavy (non-hydrogen) atoms. The Morgan fingerprint density at radius 1 is 1.21 bits per heavy atom. The van der Waals surface area contributed by atoms with Crippen molar-refractivity contribution in [1.82, 2.24) is 0 Å². The van der Waals surface area contributed by atoms with Gasteiger partial charge in [0.05, 0.1) is 0 Å². The van der Waals surface area contributed by atoms with Crippen LogP contribution in [-0.2, 0) is 5.88 Å². The summed E-state index contributed by atoms with van der Waals surface area (Å²) in [6, 6.07) is 5.97. The first-order valence-electron chi connectivity index (χ1n) is 4.90. The first kappa shape index (κ1) is 10.1. The molecule has 76 valence electrons. The van der Waals surface area contributed by atoms with Gasteiger partial charge in [0.15, 0.2) is 0 Å². The molecule has 1 aromatic carbocycles. The molecule has 0 N–H and O–H groups in total. The zero-order valence-electron chi connectivity index (χ0n) is 7.97. The van der Waals surface area contributed by atoms with E-state index in [1.54, 1.807) is 0 Å². The minimum atomic E-state index is 0.534. The van der Waals surface area contributed by atoms with Gasteiger partial charge in [-0.15, -0.1) is 11.6 Å². The topological polar surface area (TPSA) is 3.24 Å². The van der Waals surface area contributed by atoms with Crippen molar-refractivity contribution in [2.45, 2.75) is 18.7 Å². The normalized spacial score (nSPS) is 16.3. The van der Waals surface area contributed by atoms with Crippen LogP contribution in [0.15, 0.2) is 18.2 Å². The van der Waals surface area contributed by atoms with Crippen LogP contribution in [0, 0.1) is 0 Å². The van der Waals surface area contributed by atoms with Gasteiger partial charge < -0.3 is 4.90 Å². The van der Waals surface area contributed by atoms with E-state index in [2.05, 4.69) is 11.0 Å². The summed E-state index contributed by atoms with van der Waals surface area (Å²) in [5.41, 5.74) is 2.39. The molecule has 1 aromatic rings. The highest BCUT2D eigenvalue weighted by molar-refractivity contribution is 6.30. The summed E-state index contributed by atoms with van der Waals surface area (Å²) >= 11 is 11.8. The highest BCUT2D eigenvalue weighted by Gasteiger charge is 2.15. The van der Waals surface area contributed by atoms with Gasteiger partial charge in [0.2, 0.25) is 0 Å². The summed E-state index contributed by atoms with van der Waals surface area (Å²) < 4.78 is 0. The summed E-state index contributed by atoms with van der Waals surface area (Å²) in [6.07, 6.45) is 2.56. The molecule has 3 heteroatoms. The molecule has 0 unspecified atom stereocenters. The third-order valence-electron chi connectivity index (χ3n) is 2.63. The Morgan fingerprint density at radius 2 is 1.93 bits per heavy atom. The van der Waals surface area contributed by atoms with Gasteiger partial charge in [0.25, 0.3) is 0 Å². The lowest BCUT2D eigenvalue weighted by atomic mass is 10.2. The van der Waals surface area contributed by atoms with E-state index in [9.17, 15) is 0 Å². The van der Waals surface area contributed by atoms with Crippen LogP contribution in [0.4, 0.5) is 5.69 Å². The van der Waals surface area contributed by atoms with Crippen LogP contribution in [0.1, 0.15) is 18.4 Å². The predicted molar refractivity (Wildman–Crippen MR) is 62.5 cm³/mol. The van der Waals surface area contributed by atoms with E-state index in [1.165, 1.54) is 18.5 Å². The average molecular weight is 230 g/mol. The summed E-state index contributed by atoms with van der Waals surface area (Å²) in [4.78, 5) is 2.38. The maximum Gasteiger partial charge on any atom is 0.0495 e. The summed E-state index contributed by atoms with van der Waals surface area (Å²) in [6.45, 7) is 2.29. The SMILES string of the molecule is ClCc1cc(Cl)ccc1N1CCCC1. The van der Waals surface area contributed by atoms with Crippen molar-refractivity contribution >= 4 is 28.9 Å². The second kappa shape index (κ2) is 4.41. The van der Waals surface area contributed by atoms with E-state index in [4.69, 9.17) is 23.2 Å². The molecular formula is C11H13Cl2N. The van der Waals surface area contributed by atoms with Crippen LogP contribution in [0.3, 0.4) is 0 Å². The Balaban J connectivity index is 2.31. The number of alkyl halides is 1. The number of halogens is 2. The van der Waals surface area contributed by atoms with Gasteiger partial charge in [-0.2, -0.15) is 0 Å². The van der Waals surface area contributed by atoms with Crippen molar-refractivity contribution in [3.05, 3.63) is 28.8 Å². The fourth-order valence-corrected chi connectivity index (χ4v) is 2.34. The molecule has 1 saturated heterocycles. The fraction of sp³-hybridized carbons (Fsp3) is 0.455. The number of rotatable bonds is 2. The molecule has 0 atom stereocenters. The number of hydrogen-bond acceptors (Lipinski definition) is 1. The first-order chi connectivity index (χ1) is 6.81. The van der Waals surface area contributed by atoms with Crippen LogP contribution >= 0.6 is 23.2 Å². The molecule has 1 fully saturated rings. The monoisotopic (exact) mass is 229 g/mol. The third kappa shape index (κ3) is 1.99. The van der Waals surface area contributed by atoms with Crippen LogP contribution in [-0.4, -0.2) is 13.1 Å². The lowest BCUT2D eigenvalue weighted by molar-refractivity contribution is 0.949. The van der Waals surface area contributed by atoms with Crippen LogP contribution in [0.5, 0.6) is 0 Å². The molecule has 2 rings (SSSR count). The Kier molecular flexibility index (Phi) is 3.19. The molecule has 0 amide bonds. The van der Waals surface area contributed by atoms with Crippen LogP contribution in [0.2, 0.25) is 5.02 Å². The predicted octanol–water partition coefficient (Wildman–Crippen LogP) is 3.68. The molecule has 0 bridgehead atoms. The molecule has 1 heterocycles. The van der Waals surface area contributed by atoms with Crippen molar-refractivity contribution < 1.29 is 0 Å². The largest absolute Gasteiger partial charge is 0.371 e. The molecular weight excluding hydrogens is 217 g/mol. The van der Waals surface area contributed by atoms with E-state index in [-0.39, 0.29) is 0 Å². The number of anilines is 1. The minimum absolute atomic E-state index is 0.534. The highest BCUT2D eigenvalue weighted by Crippen LogP contribution is 2.28. The van der Waals surface area contributed by atoms with Crippen molar-refractivity contribution in [2.24, 2.45) is 0 Å². The van der Waals surface area contributed by atoms with E-state index < -0.39 is 0 Å². The lowest BCUT2D eigenvalue weighted by Crippen LogP contribution is -2.18. The van der Waals surface area contributed by atoms with Gasteiger partial charge in [-0.1, -0.05) is 11.6 Å². The minimum Gasteiger partial charge on any atom is -0.371 e. The van der Waals surface area contributed by atoms with Gasteiger partial charge in [-0.05, 0) is 36.6 Å². The van der Waals surface area contributed by atoms with Gasteiger partial charge in [-0.25, -0.2) is 0 Å². The number of nitrogens with zero attached hydrogens (tertiary/aromatic N) is 1.